The van der Waals surface area contributed by atoms with Crippen LogP contribution in [0, 0.1) is 5.92 Å². The number of nitrogens with one attached hydrogen (secondary N) is 2. The largest absolute Gasteiger partial charge is 0.480 e. The molecule has 1 fully saturated rings. The molecule has 2 atom stereocenters. The van der Waals surface area contributed by atoms with E-state index in [2.05, 4.69) is 22.8 Å². The maximum absolute atomic E-state index is 12.8. The van der Waals surface area contributed by atoms with Crippen molar-refractivity contribution in [1.82, 2.24) is 10.6 Å². The predicted molar refractivity (Wildman–Crippen MR) is 124 cm³/mol. The lowest BCUT2D eigenvalue weighted by Crippen LogP contribution is -2.54. The van der Waals surface area contributed by atoms with Crippen molar-refractivity contribution < 1.29 is 24.2 Å². The molecule has 2 aliphatic carbocycles. The van der Waals surface area contributed by atoms with Gasteiger partial charge in [-0.1, -0.05) is 68.3 Å². The Morgan fingerprint density at radius 3 is 2.12 bits per heavy atom. The zero-order chi connectivity index (χ0) is 23.4. The molecule has 3 N–H and O–H groups in total. The highest BCUT2D eigenvalue weighted by Crippen LogP contribution is 2.44. The standard InChI is InChI=1S/C26H30N2O5/c1-2-8-22(24(29)28-23(25(30)31)16-9-7-10-16)27-26(32)33-15-21-19-13-5-3-11-17(19)18-12-4-6-14-20(18)21/h3-6,11-14,16,21-23H,2,7-10,15H2,1H3,(H,27,32)(H,28,29)(H,30,31)/t22-,23?/m1/s1. The quantitative estimate of drug-likeness (QED) is 0.534. The smallest absolute Gasteiger partial charge is 0.407 e. The molecule has 2 aromatic carbocycles. The molecule has 2 amide bonds. The summed E-state index contributed by atoms with van der Waals surface area (Å²) in [6.45, 7) is 2.06. The van der Waals surface area contributed by atoms with Gasteiger partial charge in [0.25, 0.3) is 0 Å². The number of fused-ring (bicyclic) bond motifs is 3. The van der Waals surface area contributed by atoms with Gasteiger partial charge in [-0.25, -0.2) is 9.59 Å². The van der Waals surface area contributed by atoms with E-state index in [1.807, 2.05) is 43.3 Å². The molecule has 7 nitrogen and oxygen atoms in total. The second kappa shape index (κ2) is 10.1. The number of amides is 2. The van der Waals surface area contributed by atoms with Gasteiger partial charge < -0.3 is 20.5 Å². The van der Waals surface area contributed by atoms with Crippen molar-refractivity contribution in [2.45, 2.75) is 57.0 Å². The SMILES string of the molecule is CCC[C@@H](NC(=O)OCC1c2ccccc2-c2ccccc21)C(=O)NC(C(=O)O)C1CCC1. The van der Waals surface area contributed by atoms with E-state index < -0.39 is 30.1 Å². The predicted octanol–water partition coefficient (Wildman–Crippen LogP) is 4.06. The third kappa shape index (κ3) is 4.87. The Kier molecular flexibility index (Phi) is 6.96. The molecule has 0 saturated heterocycles. The minimum absolute atomic E-state index is 0.0526. The van der Waals surface area contributed by atoms with E-state index >= 15 is 0 Å². The third-order valence-corrected chi connectivity index (χ3v) is 6.71. The highest BCUT2D eigenvalue weighted by Gasteiger charge is 2.35. The van der Waals surface area contributed by atoms with E-state index in [0.29, 0.717) is 12.8 Å². The molecule has 7 heteroatoms. The Hall–Kier alpha value is -3.35. The van der Waals surface area contributed by atoms with E-state index in [1.165, 1.54) is 0 Å². The van der Waals surface area contributed by atoms with Gasteiger partial charge in [-0.3, -0.25) is 4.79 Å². The lowest BCUT2D eigenvalue weighted by atomic mass is 9.79. The number of carboxylic acids is 1. The maximum Gasteiger partial charge on any atom is 0.407 e. The van der Waals surface area contributed by atoms with Crippen molar-refractivity contribution in [3.63, 3.8) is 0 Å². The summed E-state index contributed by atoms with van der Waals surface area (Å²) in [7, 11) is 0. The van der Waals surface area contributed by atoms with Gasteiger partial charge in [0.05, 0.1) is 0 Å². The van der Waals surface area contributed by atoms with Gasteiger partial charge in [0.1, 0.15) is 18.7 Å². The Balaban J connectivity index is 1.38. The number of benzene rings is 2. The number of ether oxygens (including phenoxy) is 1. The molecule has 1 unspecified atom stereocenters. The number of carboxylic acid groups (broad SMARTS) is 1. The molecule has 2 aromatic rings. The fourth-order valence-electron chi connectivity index (χ4n) is 4.75. The first kappa shape index (κ1) is 22.8. The van der Waals surface area contributed by atoms with Crippen molar-refractivity contribution in [3.05, 3.63) is 59.7 Å². The fourth-order valence-corrected chi connectivity index (χ4v) is 4.75. The van der Waals surface area contributed by atoms with Gasteiger partial charge in [0.2, 0.25) is 5.91 Å². The summed E-state index contributed by atoms with van der Waals surface area (Å²) < 4.78 is 5.55. The van der Waals surface area contributed by atoms with E-state index in [0.717, 1.165) is 41.5 Å². The van der Waals surface area contributed by atoms with Crippen LogP contribution in [0.3, 0.4) is 0 Å². The molecular formula is C26H30N2O5. The van der Waals surface area contributed by atoms with Crippen LogP contribution in [0.25, 0.3) is 11.1 Å². The van der Waals surface area contributed by atoms with Crippen LogP contribution >= 0.6 is 0 Å². The van der Waals surface area contributed by atoms with Crippen molar-refractivity contribution in [1.29, 1.82) is 0 Å². The zero-order valence-corrected chi connectivity index (χ0v) is 18.8. The Bertz CT molecular complexity index is 987. The monoisotopic (exact) mass is 450 g/mol. The molecule has 0 radical (unpaired) electrons. The first-order valence-corrected chi connectivity index (χ1v) is 11.6. The third-order valence-electron chi connectivity index (χ3n) is 6.71. The van der Waals surface area contributed by atoms with Crippen molar-refractivity contribution in [3.8, 4) is 11.1 Å². The van der Waals surface area contributed by atoms with Crippen LogP contribution in [0.1, 0.15) is 56.1 Å². The van der Waals surface area contributed by atoms with Crippen molar-refractivity contribution >= 4 is 18.0 Å². The minimum Gasteiger partial charge on any atom is -0.480 e. The lowest BCUT2D eigenvalue weighted by molar-refractivity contribution is -0.144. The minimum atomic E-state index is -1.04. The summed E-state index contributed by atoms with van der Waals surface area (Å²) in [5, 5.41) is 14.8. The van der Waals surface area contributed by atoms with Gasteiger partial charge in [0, 0.05) is 5.92 Å². The number of carbonyl (C=O) groups excluding carboxylic acids is 2. The summed E-state index contributed by atoms with van der Waals surface area (Å²) in [4.78, 5) is 37.0. The second-order valence-corrected chi connectivity index (χ2v) is 8.83. The number of alkyl carbamates (subject to hydrolysis) is 1. The first-order chi connectivity index (χ1) is 16.0. The molecular weight excluding hydrogens is 420 g/mol. The summed E-state index contributed by atoms with van der Waals surface area (Å²) in [5.74, 6) is -1.64. The Morgan fingerprint density at radius 2 is 1.61 bits per heavy atom. The molecule has 4 rings (SSSR count). The first-order valence-electron chi connectivity index (χ1n) is 11.6. The molecule has 174 valence electrons. The van der Waals surface area contributed by atoms with Crippen LogP contribution in [0.5, 0.6) is 0 Å². The van der Waals surface area contributed by atoms with Crippen molar-refractivity contribution in [2.75, 3.05) is 6.61 Å². The molecule has 33 heavy (non-hydrogen) atoms. The van der Waals surface area contributed by atoms with Crippen LogP contribution in [0.4, 0.5) is 4.79 Å². The number of hydrogen-bond acceptors (Lipinski definition) is 4. The number of carbonyl (C=O) groups is 3. The van der Waals surface area contributed by atoms with E-state index in [9.17, 15) is 19.5 Å². The highest BCUT2D eigenvalue weighted by molar-refractivity contribution is 5.89. The number of aliphatic carboxylic acids is 1. The van der Waals surface area contributed by atoms with Gasteiger partial charge in [-0.15, -0.1) is 0 Å². The second-order valence-electron chi connectivity index (χ2n) is 8.83. The van der Waals surface area contributed by atoms with Crippen LogP contribution in [0.2, 0.25) is 0 Å². The van der Waals surface area contributed by atoms with Crippen LogP contribution in [-0.2, 0) is 14.3 Å². The Labute approximate surface area is 193 Å². The molecule has 0 bridgehead atoms. The van der Waals surface area contributed by atoms with Gasteiger partial charge in [-0.2, -0.15) is 0 Å². The molecule has 0 heterocycles. The van der Waals surface area contributed by atoms with Crippen molar-refractivity contribution in [2.24, 2.45) is 5.92 Å². The van der Waals surface area contributed by atoms with Crippen LogP contribution < -0.4 is 10.6 Å². The summed E-state index contributed by atoms with van der Waals surface area (Å²) in [6.07, 6.45) is 2.92. The van der Waals surface area contributed by atoms with E-state index in [-0.39, 0.29) is 18.4 Å². The van der Waals surface area contributed by atoms with E-state index in [1.54, 1.807) is 0 Å². The fraction of sp³-hybridized carbons (Fsp3) is 0.423. The number of rotatable bonds is 9. The molecule has 2 aliphatic rings. The molecule has 0 aromatic heterocycles. The summed E-state index contributed by atoms with van der Waals surface area (Å²) >= 11 is 0. The zero-order valence-electron chi connectivity index (χ0n) is 18.8. The number of hydrogen-bond donors (Lipinski definition) is 3. The maximum atomic E-state index is 12.8. The van der Waals surface area contributed by atoms with Crippen LogP contribution in [0.15, 0.2) is 48.5 Å². The Morgan fingerprint density at radius 1 is 1.00 bits per heavy atom. The van der Waals surface area contributed by atoms with Crippen LogP contribution in [-0.4, -0.2) is 41.8 Å². The summed E-state index contributed by atoms with van der Waals surface area (Å²) in [5.41, 5.74) is 4.50. The summed E-state index contributed by atoms with van der Waals surface area (Å²) in [6, 6.07) is 14.4. The van der Waals surface area contributed by atoms with E-state index in [4.69, 9.17) is 4.74 Å². The highest BCUT2D eigenvalue weighted by atomic mass is 16.5. The average Bonchev–Trinajstić information content (AvgIpc) is 3.09. The lowest BCUT2D eigenvalue weighted by Gasteiger charge is -2.32. The molecule has 0 spiro atoms. The topological polar surface area (TPSA) is 105 Å². The van der Waals surface area contributed by atoms with Gasteiger partial charge >= 0.3 is 12.1 Å². The average molecular weight is 451 g/mol. The van der Waals surface area contributed by atoms with Gasteiger partial charge in [0.15, 0.2) is 0 Å². The molecule has 1 saturated carbocycles. The molecule has 0 aliphatic heterocycles. The van der Waals surface area contributed by atoms with Gasteiger partial charge in [-0.05, 0) is 47.4 Å². The normalized spacial score (nSPS) is 16.6.